The van der Waals surface area contributed by atoms with Gasteiger partial charge in [0.05, 0.1) is 34.4 Å². The summed E-state index contributed by atoms with van der Waals surface area (Å²) in [5, 5.41) is 9.71. The molecule has 0 aromatic rings. The molecule has 79 heavy (non-hydrogen) atoms. The van der Waals surface area contributed by atoms with Gasteiger partial charge in [0.1, 0.15) is 13.2 Å². The lowest BCUT2D eigenvalue weighted by molar-refractivity contribution is -0.870. The van der Waals surface area contributed by atoms with Gasteiger partial charge in [-0.3, -0.25) is 9.59 Å². The molecule has 0 bridgehead atoms. The standard InChI is InChI=1S/C70H107NO8/c1-6-8-10-12-14-16-18-20-22-24-26-28-30-31-32-33-34-35-36-37-39-41-43-45-47-49-51-53-55-57-59-61-68(73)79-66(65-78-70(69(74)75)76-63-62-71(3,4)5)64-77-67(72)60-58-56-54-52-50-48-46-44-42-40-38-29-27-25-23-21-19-17-15-13-11-9-7-2/h8-11,14-17,20-23,26-29,31-32,34-35,37,39-40,42-43,45-46,48-49,51,66,70H,6-7,12-13,18-19,24-25,30,33,36,38,41,44,47,50,52-65H2,1-5H3/p+1/b10-8-,11-9-,16-14-,17-15-,22-20-,23-21-,28-26-,29-27-,32-31-,35-34-,39-37-,42-40-,45-43-,48-46-,51-49-. The van der Waals surface area contributed by atoms with Gasteiger partial charge in [0, 0.05) is 12.8 Å². The van der Waals surface area contributed by atoms with Crippen LogP contribution in [0.25, 0.3) is 0 Å². The fourth-order valence-corrected chi connectivity index (χ4v) is 7.12. The molecule has 0 aliphatic heterocycles. The van der Waals surface area contributed by atoms with E-state index in [1.807, 2.05) is 21.1 Å². The van der Waals surface area contributed by atoms with E-state index in [0.29, 0.717) is 23.9 Å². The number of unbranched alkanes of at least 4 members (excludes halogenated alkanes) is 7. The van der Waals surface area contributed by atoms with Crippen molar-refractivity contribution in [2.24, 2.45) is 0 Å². The summed E-state index contributed by atoms with van der Waals surface area (Å²) >= 11 is 0. The predicted molar refractivity (Wildman–Crippen MR) is 336 cm³/mol. The summed E-state index contributed by atoms with van der Waals surface area (Å²) in [7, 11) is 5.93. The number of carbonyl (C=O) groups excluding carboxylic acids is 2. The molecule has 0 rings (SSSR count). The third-order valence-electron chi connectivity index (χ3n) is 11.7. The highest BCUT2D eigenvalue weighted by molar-refractivity contribution is 5.71. The van der Waals surface area contributed by atoms with E-state index in [1.165, 1.54) is 0 Å². The van der Waals surface area contributed by atoms with E-state index in [9.17, 15) is 19.5 Å². The number of carbonyl (C=O) groups is 3. The summed E-state index contributed by atoms with van der Waals surface area (Å²) in [5.74, 6) is -2.11. The van der Waals surface area contributed by atoms with Crippen LogP contribution in [0, 0.1) is 0 Å². The molecule has 0 heterocycles. The Bertz CT molecular complexity index is 1940. The highest BCUT2D eigenvalue weighted by atomic mass is 16.7. The van der Waals surface area contributed by atoms with Crippen LogP contribution in [0.15, 0.2) is 182 Å². The molecule has 0 spiro atoms. The van der Waals surface area contributed by atoms with E-state index in [-0.39, 0.29) is 38.6 Å². The Morgan fingerprint density at radius 2 is 0.684 bits per heavy atom. The number of esters is 2. The van der Waals surface area contributed by atoms with Crippen molar-refractivity contribution < 1.29 is 42.9 Å². The lowest BCUT2D eigenvalue weighted by Gasteiger charge is -2.25. The summed E-state index contributed by atoms with van der Waals surface area (Å²) in [5.41, 5.74) is 0. The molecule has 0 saturated carbocycles. The van der Waals surface area contributed by atoms with Crippen LogP contribution in [-0.2, 0) is 33.3 Å². The molecule has 0 aliphatic carbocycles. The Kier molecular flexibility index (Phi) is 54.4. The van der Waals surface area contributed by atoms with Gasteiger partial charge in [0.25, 0.3) is 6.29 Å². The monoisotopic (exact) mass is 1090 g/mol. The van der Waals surface area contributed by atoms with Crippen molar-refractivity contribution in [3.8, 4) is 0 Å². The number of hydrogen-bond donors (Lipinski definition) is 1. The molecular weight excluding hydrogens is 983 g/mol. The van der Waals surface area contributed by atoms with E-state index in [2.05, 4.69) is 196 Å². The summed E-state index contributed by atoms with van der Waals surface area (Å²) in [6.07, 6.45) is 86.8. The minimum atomic E-state index is -1.54. The van der Waals surface area contributed by atoms with Gasteiger partial charge in [0.15, 0.2) is 6.10 Å². The Hall–Kier alpha value is -5.61. The molecule has 2 atom stereocenters. The van der Waals surface area contributed by atoms with E-state index >= 15 is 0 Å². The molecule has 0 fully saturated rings. The first kappa shape index (κ1) is 73.4. The first-order valence-corrected chi connectivity index (χ1v) is 29.9. The molecule has 0 aliphatic rings. The molecule has 1 N–H and O–H groups in total. The zero-order chi connectivity index (χ0) is 57.6. The maximum Gasteiger partial charge on any atom is 0.361 e. The number of carboxylic acids is 1. The zero-order valence-corrected chi connectivity index (χ0v) is 49.9. The smallest absolute Gasteiger partial charge is 0.361 e. The van der Waals surface area contributed by atoms with Crippen molar-refractivity contribution >= 4 is 17.9 Å². The highest BCUT2D eigenvalue weighted by Crippen LogP contribution is 2.12. The Labute approximate surface area is 481 Å². The Morgan fingerprint density at radius 1 is 0.380 bits per heavy atom. The molecule has 9 heteroatoms. The second-order valence-electron chi connectivity index (χ2n) is 20.2. The lowest BCUT2D eigenvalue weighted by Crippen LogP contribution is -2.40. The SMILES string of the molecule is CC/C=C\C/C=C\C/C=C\C/C=C\C/C=C\C/C=C\C/C=C\C/C=C\C/C=C\CCCCCC(=O)OC(COC(=O)CCCCCC/C=C\C/C=C\C/C=C\C/C=C\C/C=C\C/C=C\CC)COC(OCC[N+](C)(C)C)C(=O)O. The van der Waals surface area contributed by atoms with Crippen LogP contribution in [0.2, 0.25) is 0 Å². The highest BCUT2D eigenvalue weighted by Gasteiger charge is 2.25. The largest absolute Gasteiger partial charge is 0.477 e. The van der Waals surface area contributed by atoms with Gasteiger partial charge < -0.3 is 28.5 Å². The molecule has 0 amide bonds. The minimum absolute atomic E-state index is 0.164. The van der Waals surface area contributed by atoms with Crippen LogP contribution in [0.3, 0.4) is 0 Å². The number of quaternary nitrogens is 1. The molecule has 0 aromatic heterocycles. The normalized spacial score (nSPS) is 14.1. The quantitative estimate of drug-likeness (QED) is 0.0211. The number of allylic oxidation sites excluding steroid dienone is 30. The van der Waals surface area contributed by atoms with Crippen molar-refractivity contribution in [1.82, 2.24) is 0 Å². The first-order valence-electron chi connectivity index (χ1n) is 29.9. The van der Waals surface area contributed by atoms with Crippen LogP contribution >= 0.6 is 0 Å². The fraction of sp³-hybridized carbons (Fsp3) is 0.529. The number of likely N-dealkylation sites (N-methyl/N-ethyl adjacent to an activating group) is 1. The van der Waals surface area contributed by atoms with Crippen molar-refractivity contribution in [2.75, 3.05) is 47.5 Å². The number of aliphatic carboxylic acids is 1. The van der Waals surface area contributed by atoms with Crippen molar-refractivity contribution in [3.05, 3.63) is 182 Å². The van der Waals surface area contributed by atoms with Crippen molar-refractivity contribution in [1.29, 1.82) is 0 Å². The summed E-state index contributed by atoms with van der Waals surface area (Å²) in [6.45, 7) is 4.54. The second kappa shape index (κ2) is 58.5. The number of rotatable bonds is 52. The minimum Gasteiger partial charge on any atom is -0.477 e. The predicted octanol–water partition coefficient (Wildman–Crippen LogP) is 18.1. The van der Waals surface area contributed by atoms with Gasteiger partial charge in [0.2, 0.25) is 0 Å². The van der Waals surface area contributed by atoms with Gasteiger partial charge in [-0.05, 0) is 135 Å². The maximum absolute atomic E-state index is 12.9. The molecule has 9 nitrogen and oxygen atoms in total. The molecular formula is C70H108NO8+. The average molecular weight is 1090 g/mol. The fourth-order valence-electron chi connectivity index (χ4n) is 7.12. The molecule has 2 unspecified atom stereocenters. The second-order valence-corrected chi connectivity index (χ2v) is 20.2. The number of carboxylic acid groups (broad SMARTS) is 1. The van der Waals surface area contributed by atoms with Crippen LogP contribution in [0.4, 0.5) is 0 Å². The van der Waals surface area contributed by atoms with E-state index in [1.54, 1.807) is 0 Å². The first-order chi connectivity index (χ1) is 38.6. The van der Waals surface area contributed by atoms with Gasteiger partial charge in [-0.2, -0.15) is 0 Å². The van der Waals surface area contributed by atoms with Gasteiger partial charge in [-0.15, -0.1) is 0 Å². The maximum atomic E-state index is 12.9. The number of ether oxygens (including phenoxy) is 4. The van der Waals surface area contributed by atoms with Crippen LogP contribution in [0.5, 0.6) is 0 Å². The van der Waals surface area contributed by atoms with E-state index in [4.69, 9.17) is 18.9 Å². The third-order valence-corrected chi connectivity index (χ3v) is 11.7. The molecule has 0 radical (unpaired) electrons. The molecule has 0 aromatic carbocycles. The van der Waals surface area contributed by atoms with Gasteiger partial charge in [-0.1, -0.05) is 215 Å². The van der Waals surface area contributed by atoms with Crippen LogP contribution < -0.4 is 0 Å². The van der Waals surface area contributed by atoms with Crippen molar-refractivity contribution in [2.45, 2.75) is 193 Å². The van der Waals surface area contributed by atoms with Crippen LogP contribution in [-0.4, -0.2) is 87.4 Å². The number of nitrogens with zero attached hydrogens (tertiary/aromatic N) is 1. The van der Waals surface area contributed by atoms with E-state index < -0.39 is 24.3 Å². The molecule has 440 valence electrons. The topological polar surface area (TPSA) is 108 Å². The van der Waals surface area contributed by atoms with E-state index in [0.717, 1.165) is 141 Å². The third kappa shape index (κ3) is 59.9. The average Bonchev–Trinajstić information content (AvgIpc) is 3.42. The Morgan fingerprint density at radius 3 is 1.01 bits per heavy atom. The van der Waals surface area contributed by atoms with Crippen LogP contribution in [0.1, 0.15) is 181 Å². The van der Waals surface area contributed by atoms with Gasteiger partial charge >= 0.3 is 17.9 Å². The summed E-state index contributed by atoms with van der Waals surface area (Å²) in [4.78, 5) is 37.5. The lowest BCUT2D eigenvalue weighted by atomic mass is 10.1. The molecule has 0 saturated heterocycles. The summed E-state index contributed by atoms with van der Waals surface area (Å²) in [6, 6.07) is 0. The van der Waals surface area contributed by atoms with Gasteiger partial charge in [-0.25, -0.2) is 4.79 Å². The van der Waals surface area contributed by atoms with Crippen molar-refractivity contribution in [3.63, 3.8) is 0 Å². The Balaban J connectivity index is 4.43. The zero-order valence-electron chi connectivity index (χ0n) is 49.9. The number of hydrogen-bond acceptors (Lipinski definition) is 7. The summed E-state index contributed by atoms with van der Waals surface area (Å²) < 4.78 is 22.8.